The first kappa shape index (κ1) is 41.4. The molecule has 0 radical (unpaired) electrons. The predicted molar refractivity (Wildman–Crippen MR) is 176 cm³/mol. The van der Waals surface area contributed by atoms with E-state index in [0.29, 0.717) is 32.2 Å². The fourth-order valence-electron chi connectivity index (χ4n) is 5.00. The van der Waals surface area contributed by atoms with Crippen LogP contribution in [0.15, 0.2) is 0 Å². The van der Waals surface area contributed by atoms with Gasteiger partial charge in [0.25, 0.3) is 0 Å². The molecule has 0 saturated carbocycles. The molecule has 4 N–H and O–H groups in total. The molecule has 0 fully saturated rings. The largest absolute Gasteiger partial charge is 0.467 e. The van der Waals surface area contributed by atoms with E-state index < -0.39 is 24.0 Å². The minimum atomic E-state index is -0.802. The van der Waals surface area contributed by atoms with Crippen LogP contribution in [-0.2, 0) is 28.7 Å². The van der Waals surface area contributed by atoms with Crippen molar-refractivity contribution in [1.82, 2.24) is 21.3 Å². The molecule has 256 valence electrons. The molecule has 0 aromatic rings. The minimum absolute atomic E-state index is 0.0205. The molecule has 0 rings (SSSR count). The fraction of sp³-hybridized carbons (Fsp3) is 0.853. The average Bonchev–Trinajstić information content (AvgIpc) is 2.99. The second kappa shape index (κ2) is 27.9. The molecular formula is C34H64N4O6. The topological polar surface area (TPSA) is 143 Å². The number of hydrogen-bond donors (Lipinski definition) is 4. The molecule has 4 amide bonds. The summed E-state index contributed by atoms with van der Waals surface area (Å²) in [5.41, 5.74) is 0. The van der Waals surface area contributed by atoms with Gasteiger partial charge in [-0.1, -0.05) is 105 Å². The lowest BCUT2D eigenvalue weighted by Crippen LogP contribution is -2.49. The first-order chi connectivity index (χ1) is 21.1. The summed E-state index contributed by atoms with van der Waals surface area (Å²) in [5, 5.41) is 11.1. The number of methoxy groups -OCH3 is 1. The Labute approximate surface area is 267 Å². The number of rotatable bonds is 28. The molecule has 0 aromatic carbocycles. The van der Waals surface area contributed by atoms with E-state index in [1.54, 1.807) is 13.8 Å². The molecule has 0 aliphatic rings. The molecule has 0 spiro atoms. The molecule has 0 saturated heterocycles. The van der Waals surface area contributed by atoms with Gasteiger partial charge < -0.3 is 26.0 Å². The zero-order chi connectivity index (χ0) is 33.0. The number of amides is 4. The molecule has 44 heavy (non-hydrogen) atoms. The zero-order valence-electron chi connectivity index (χ0n) is 28.5. The van der Waals surface area contributed by atoms with Gasteiger partial charge in [0.2, 0.25) is 23.6 Å². The van der Waals surface area contributed by atoms with Crippen molar-refractivity contribution in [1.29, 1.82) is 0 Å². The Bertz CT molecular complexity index is 805. The quantitative estimate of drug-likeness (QED) is 0.0672. The Hall–Kier alpha value is -2.65. The number of ether oxygens (including phenoxy) is 1. The van der Waals surface area contributed by atoms with E-state index in [1.807, 2.05) is 0 Å². The van der Waals surface area contributed by atoms with Gasteiger partial charge in [-0.25, -0.2) is 4.79 Å². The third kappa shape index (κ3) is 23.8. The van der Waals surface area contributed by atoms with Crippen molar-refractivity contribution in [3.8, 4) is 0 Å². The number of esters is 1. The summed E-state index contributed by atoms with van der Waals surface area (Å²) < 4.78 is 4.74. The normalized spacial score (nSPS) is 12.3. The van der Waals surface area contributed by atoms with Crippen molar-refractivity contribution in [2.45, 2.75) is 162 Å². The van der Waals surface area contributed by atoms with Crippen molar-refractivity contribution >= 4 is 29.6 Å². The molecule has 0 heterocycles. The van der Waals surface area contributed by atoms with E-state index in [0.717, 1.165) is 32.1 Å². The van der Waals surface area contributed by atoms with E-state index in [1.165, 1.54) is 64.9 Å². The molecule has 2 atom stereocenters. The molecular weight excluding hydrogens is 560 g/mol. The summed E-state index contributed by atoms with van der Waals surface area (Å²) in [4.78, 5) is 61.9. The maximum atomic E-state index is 12.7. The average molecular weight is 625 g/mol. The second-order valence-corrected chi connectivity index (χ2v) is 12.3. The highest BCUT2D eigenvalue weighted by Gasteiger charge is 2.25. The van der Waals surface area contributed by atoms with Crippen LogP contribution in [0.1, 0.15) is 150 Å². The van der Waals surface area contributed by atoms with E-state index in [4.69, 9.17) is 4.74 Å². The highest BCUT2D eigenvalue weighted by molar-refractivity contribution is 5.88. The third-order valence-corrected chi connectivity index (χ3v) is 7.75. The smallest absolute Gasteiger partial charge is 0.328 e. The van der Waals surface area contributed by atoms with E-state index in [9.17, 15) is 24.0 Å². The first-order valence-electron chi connectivity index (χ1n) is 17.3. The lowest BCUT2D eigenvalue weighted by molar-refractivity contribution is -0.146. The van der Waals surface area contributed by atoms with Crippen LogP contribution in [0.3, 0.4) is 0 Å². The molecule has 0 aliphatic carbocycles. The van der Waals surface area contributed by atoms with Crippen LogP contribution >= 0.6 is 0 Å². The fourth-order valence-corrected chi connectivity index (χ4v) is 5.00. The van der Waals surface area contributed by atoms with Crippen molar-refractivity contribution in [2.24, 2.45) is 5.92 Å². The monoisotopic (exact) mass is 624 g/mol. The predicted octanol–water partition coefficient (Wildman–Crippen LogP) is 5.47. The lowest BCUT2D eigenvalue weighted by atomic mass is 10.0. The summed E-state index contributed by atoms with van der Waals surface area (Å²) in [5.74, 6) is -1.63. The standard InChI is InChI=1S/C34H64N4O6/c1-6-8-10-12-14-16-18-22-29(39)35-24-20-21-28(37-30(40)23-19-17-15-13-11-9-7-2)25-31(41)36-26-32(42)38-33(27(3)4)34(43)44-5/h27-28,33H,6-26H2,1-5H3,(H,35,39)(H,36,41)(H,37,40)(H,38,42)/t28-,33-/m0/s1. The van der Waals surface area contributed by atoms with Gasteiger partial charge >= 0.3 is 5.97 Å². The summed E-state index contributed by atoms with van der Waals surface area (Å²) >= 11 is 0. The molecule has 0 unspecified atom stereocenters. The van der Waals surface area contributed by atoms with Gasteiger partial charge in [0.15, 0.2) is 0 Å². The van der Waals surface area contributed by atoms with Crippen LogP contribution in [0.5, 0.6) is 0 Å². The van der Waals surface area contributed by atoms with Gasteiger partial charge in [-0.3, -0.25) is 19.2 Å². The SMILES string of the molecule is CCCCCCCCCC(=O)NCCC[C@@H](CC(=O)NCC(=O)N[C@H](C(=O)OC)C(C)C)NC(=O)CCCCCCCCC. The van der Waals surface area contributed by atoms with Crippen LogP contribution in [0.25, 0.3) is 0 Å². The highest BCUT2D eigenvalue weighted by Crippen LogP contribution is 2.11. The highest BCUT2D eigenvalue weighted by atomic mass is 16.5. The summed E-state index contributed by atoms with van der Waals surface area (Å²) in [6.45, 7) is 8.16. The first-order valence-corrected chi connectivity index (χ1v) is 17.3. The number of hydrogen-bond acceptors (Lipinski definition) is 6. The van der Waals surface area contributed by atoms with E-state index in [-0.39, 0.29) is 36.6 Å². The Balaban J connectivity index is 4.69. The third-order valence-electron chi connectivity index (χ3n) is 7.75. The lowest BCUT2D eigenvalue weighted by Gasteiger charge is -2.21. The van der Waals surface area contributed by atoms with Gasteiger partial charge in [0.05, 0.1) is 13.7 Å². The van der Waals surface area contributed by atoms with Crippen LogP contribution in [0.2, 0.25) is 0 Å². The Morgan fingerprint density at radius 2 is 1.11 bits per heavy atom. The van der Waals surface area contributed by atoms with Crippen molar-refractivity contribution in [3.05, 3.63) is 0 Å². The van der Waals surface area contributed by atoms with E-state index >= 15 is 0 Å². The van der Waals surface area contributed by atoms with E-state index in [2.05, 4.69) is 35.1 Å². The minimum Gasteiger partial charge on any atom is -0.467 e. The Morgan fingerprint density at radius 3 is 1.64 bits per heavy atom. The molecule has 10 heteroatoms. The maximum absolute atomic E-state index is 12.7. The molecule has 10 nitrogen and oxygen atoms in total. The summed E-state index contributed by atoms with van der Waals surface area (Å²) in [6, 6.07) is -1.21. The number of carbonyl (C=O) groups excluding carboxylic acids is 5. The Morgan fingerprint density at radius 1 is 0.591 bits per heavy atom. The van der Waals surface area contributed by atoms with Gasteiger partial charge in [-0.05, 0) is 31.6 Å². The van der Waals surface area contributed by atoms with Gasteiger partial charge in [-0.2, -0.15) is 0 Å². The maximum Gasteiger partial charge on any atom is 0.328 e. The molecule has 0 aliphatic heterocycles. The molecule has 0 bridgehead atoms. The summed E-state index contributed by atoms with van der Waals surface area (Å²) in [6.07, 6.45) is 18.0. The number of carbonyl (C=O) groups is 5. The second-order valence-electron chi connectivity index (χ2n) is 12.3. The van der Waals surface area contributed by atoms with Crippen molar-refractivity contribution in [3.63, 3.8) is 0 Å². The van der Waals surface area contributed by atoms with Crippen LogP contribution < -0.4 is 21.3 Å². The molecule has 0 aromatic heterocycles. The van der Waals surface area contributed by atoms with Gasteiger partial charge in [0.1, 0.15) is 6.04 Å². The van der Waals surface area contributed by atoms with Crippen molar-refractivity contribution in [2.75, 3.05) is 20.2 Å². The summed E-state index contributed by atoms with van der Waals surface area (Å²) in [7, 11) is 1.26. The van der Waals surface area contributed by atoms with Gasteiger partial charge in [0, 0.05) is 31.8 Å². The van der Waals surface area contributed by atoms with Crippen LogP contribution in [0, 0.1) is 5.92 Å². The van der Waals surface area contributed by atoms with Crippen LogP contribution in [-0.4, -0.2) is 61.9 Å². The number of unbranched alkanes of at least 4 members (excludes halogenated alkanes) is 12. The Kier molecular flexibility index (Phi) is 26.2. The van der Waals surface area contributed by atoms with Gasteiger partial charge in [-0.15, -0.1) is 0 Å². The zero-order valence-corrected chi connectivity index (χ0v) is 28.5. The number of nitrogens with one attached hydrogen (secondary N) is 4. The van der Waals surface area contributed by atoms with Crippen LogP contribution in [0.4, 0.5) is 0 Å². The van der Waals surface area contributed by atoms with Crippen molar-refractivity contribution < 1.29 is 28.7 Å².